The Hall–Kier alpha value is -1.69. The minimum atomic E-state index is -0.418. The van der Waals surface area contributed by atoms with Gasteiger partial charge >= 0.3 is 0 Å². The molecule has 0 aliphatic heterocycles. The van der Waals surface area contributed by atoms with Crippen LogP contribution in [0.3, 0.4) is 0 Å². The predicted octanol–water partition coefficient (Wildman–Crippen LogP) is 1.74. The van der Waals surface area contributed by atoms with E-state index in [9.17, 15) is 10.1 Å². The van der Waals surface area contributed by atoms with E-state index in [1.54, 1.807) is 0 Å². The summed E-state index contributed by atoms with van der Waals surface area (Å²) in [6.07, 6.45) is 3.55. The molecule has 0 aliphatic rings. The van der Waals surface area contributed by atoms with Crippen LogP contribution in [-0.4, -0.2) is 42.0 Å². The number of hydrogen-bond donors (Lipinski definition) is 1. The molecule has 1 N–H and O–H groups in total. The van der Waals surface area contributed by atoms with Crippen LogP contribution in [0.4, 0.5) is 11.5 Å². The molecule has 0 aliphatic carbocycles. The maximum absolute atomic E-state index is 10.5. The molecule has 6 nitrogen and oxygen atoms in total. The van der Waals surface area contributed by atoms with Gasteiger partial charge in [0.05, 0.1) is 11.0 Å². The number of rotatable bonds is 7. The summed E-state index contributed by atoms with van der Waals surface area (Å²) in [5.74, 6) is 0.559. The Labute approximate surface area is 101 Å². The number of nitrogens with zero attached hydrogens (tertiary/aromatic N) is 3. The highest BCUT2D eigenvalue weighted by molar-refractivity contribution is 5.43. The second-order valence-corrected chi connectivity index (χ2v) is 4.09. The van der Waals surface area contributed by atoms with E-state index >= 15 is 0 Å². The summed E-state index contributed by atoms with van der Waals surface area (Å²) in [5, 5.41) is 13.6. The minimum absolute atomic E-state index is 0.0655. The van der Waals surface area contributed by atoms with E-state index < -0.39 is 4.92 Å². The lowest BCUT2D eigenvalue weighted by Gasteiger charge is -2.09. The summed E-state index contributed by atoms with van der Waals surface area (Å²) >= 11 is 0. The van der Waals surface area contributed by atoms with E-state index in [0.29, 0.717) is 5.82 Å². The van der Waals surface area contributed by atoms with Crippen molar-refractivity contribution in [3.8, 4) is 0 Å². The van der Waals surface area contributed by atoms with Gasteiger partial charge in [-0.1, -0.05) is 0 Å². The summed E-state index contributed by atoms with van der Waals surface area (Å²) in [5.41, 5.74) is 0.0655. The molecule has 0 atom stereocenters. The van der Waals surface area contributed by atoms with Crippen molar-refractivity contribution in [2.45, 2.75) is 12.8 Å². The molecular formula is C11H18N4O2. The molecule has 0 radical (unpaired) electrons. The Morgan fingerprint density at radius 2 is 2.24 bits per heavy atom. The van der Waals surface area contributed by atoms with Crippen molar-refractivity contribution in [1.29, 1.82) is 0 Å². The van der Waals surface area contributed by atoms with Gasteiger partial charge < -0.3 is 10.2 Å². The molecule has 0 bridgehead atoms. The van der Waals surface area contributed by atoms with Gasteiger partial charge in [0.1, 0.15) is 5.82 Å². The number of nitrogens with one attached hydrogen (secondary N) is 1. The van der Waals surface area contributed by atoms with E-state index in [1.807, 2.05) is 14.1 Å². The highest BCUT2D eigenvalue weighted by Crippen LogP contribution is 2.13. The molecule has 94 valence electrons. The molecule has 0 saturated carbocycles. The number of aromatic nitrogens is 1. The first-order chi connectivity index (χ1) is 8.09. The Bertz CT molecular complexity index is 368. The lowest BCUT2D eigenvalue weighted by atomic mass is 10.3. The second-order valence-electron chi connectivity index (χ2n) is 4.09. The maximum atomic E-state index is 10.5. The fourth-order valence-electron chi connectivity index (χ4n) is 1.40. The molecule has 1 aromatic rings. The molecule has 0 fully saturated rings. The maximum Gasteiger partial charge on any atom is 0.274 e. The van der Waals surface area contributed by atoms with Crippen molar-refractivity contribution in [3.63, 3.8) is 0 Å². The Morgan fingerprint density at radius 1 is 1.47 bits per heavy atom. The van der Waals surface area contributed by atoms with Gasteiger partial charge in [0, 0.05) is 18.8 Å². The fourth-order valence-corrected chi connectivity index (χ4v) is 1.40. The highest BCUT2D eigenvalue weighted by atomic mass is 16.6. The zero-order valence-electron chi connectivity index (χ0n) is 10.2. The normalized spacial score (nSPS) is 10.5. The molecule has 1 rings (SSSR count). The van der Waals surface area contributed by atoms with Crippen LogP contribution in [0.25, 0.3) is 0 Å². The Balaban J connectivity index is 2.31. The lowest BCUT2D eigenvalue weighted by Crippen LogP contribution is -2.14. The molecule has 0 spiro atoms. The average molecular weight is 238 g/mol. The number of hydrogen-bond acceptors (Lipinski definition) is 5. The van der Waals surface area contributed by atoms with E-state index in [0.717, 1.165) is 25.9 Å². The van der Waals surface area contributed by atoms with E-state index in [4.69, 9.17) is 0 Å². The molecule has 1 aromatic heterocycles. The van der Waals surface area contributed by atoms with Crippen LogP contribution in [0.1, 0.15) is 12.8 Å². The number of pyridine rings is 1. The number of anilines is 1. The first-order valence-electron chi connectivity index (χ1n) is 5.58. The van der Waals surface area contributed by atoms with Gasteiger partial charge in [0.2, 0.25) is 0 Å². The smallest absolute Gasteiger partial charge is 0.274 e. The largest absolute Gasteiger partial charge is 0.370 e. The van der Waals surface area contributed by atoms with Crippen LogP contribution in [-0.2, 0) is 0 Å². The Morgan fingerprint density at radius 3 is 2.88 bits per heavy atom. The second kappa shape index (κ2) is 6.80. The molecule has 6 heteroatoms. The zero-order valence-corrected chi connectivity index (χ0v) is 10.2. The highest BCUT2D eigenvalue weighted by Gasteiger charge is 2.05. The van der Waals surface area contributed by atoms with Gasteiger partial charge in [-0.3, -0.25) is 10.1 Å². The van der Waals surface area contributed by atoms with E-state index in [-0.39, 0.29) is 5.69 Å². The fraction of sp³-hybridized carbons (Fsp3) is 0.545. The van der Waals surface area contributed by atoms with Crippen LogP contribution in [0.5, 0.6) is 0 Å². The first kappa shape index (κ1) is 13.4. The third-order valence-corrected chi connectivity index (χ3v) is 2.29. The molecule has 0 aromatic carbocycles. The number of unbranched alkanes of at least 4 members (excludes halogenated alkanes) is 1. The molecule has 17 heavy (non-hydrogen) atoms. The standard InChI is InChI=1S/C11H18N4O2/c1-14(2)8-4-3-6-12-11-9-10(15(16)17)5-7-13-11/h5,7,9H,3-4,6,8H2,1-2H3,(H,12,13). The van der Waals surface area contributed by atoms with Crippen LogP contribution in [0.2, 0.25) is 0 Å². The third kappa shape index (κ3) is 5.26. The third-order valence-electron chi connectivity index (χ3n) is 2.29. The summed E-state index contributed by atoms with van der Waals surface area (Å²) in [4.78, 5) is 16.3. The van der Waals surface area contributed by atoms with Crippen LogP contribution in [0, 0.1) is 10.1 Å². The quantitative estimate of drug-likeness (QED) is 0.445. The molecular weight excluding hydrogens is 220 g/mol. The minimum Gasteiger partial charge on any atom is -0.370 e. The molecule has 0 amide bonds. The van der Waals surface area contributed by atoms with Gasteiger partial charge in [-0.25, -0.2) is 4.98 Å². The van der Waals surface area contributed by atoms with Crippen molar-refractivity contribution in [3.05, 3.63) is 28.4 Å². The van der Waals surface area contributed by atoms with Crippen LogP contribution < -0.4 is 5.32 Å². The van der Waals surface area contributed by atoms with Crippen molar-refractivity contribution < 1.29 is 4.92 Å². The average Bonchev–Trinajstić information content (AvgIpc) is 2.28. The monoisotopic (exact) mass is 238 g/mol. The van der Waals surface area contributed by atoms with Crippen molar-refractivity contribution >= 4 is 11.5 Å². The SMILES string of the molecule is CN(C)CCCCNc1cc([N+](=O)[O-])ccn1. The van der Waals surface area contributed by atoms with Crippen molar-refractivity contribution in [2.24, 2.45) is 0 Å². The summed E-state index contributed by atoms with van der Waals surface area (Å²) in [6.45, 7) is 1.83. The van der Waals surface area contributed by atoms with Gasteiger partial charge in [-0.2, -0.15) is 0 Å². The van der Waals surface area contributed by atoms with E-state index in [1.165, 1.54) is 18.3 Å². The Kier molecular flexibility index (Phi) is 5.35. The molecule has 0 saturated heterocycles. The summed E-state index contributed by atoms with van der Waals surface area (Å²) in [6, 6.07) is 2.84. The van der Waals surface area contributed by atoms with Gasteiger partial charge in [0.15, 0.2) is 0 Å². The zero-order chi connectivity index (χ0) is 12.7. The molecule has 0 unspecified atom stereocenters. The number of nitro groups is 1. The first-order valence-corrected chi connectivity index (χ1v) is 5.58. The predicted molar refractivity (Wildman–Crippen MR) is 67.2 cm³/mol. The van der Waals surface area contributed by atoms with Crippen LogP contribution >= 0.6 is 0 Å². The van der Waals surface area contributed by atoms with E-state index in [2.05, 4.69) is 15.2 Å². The van der Waals surface area contributed by atoms with Crippen molar-refractivity contribution in [2.75, 3.05) is 32.5 Å². The van der Waals surface area contributed by atoms with Crippen molar-refractivity contribution in [1.82, 2.24) is 9.88 Å². The topological polar surface area (TPSA) is 71.3 Å². The molecule has 1 heterocycles. The van der Waals surface area contributed by atoms with Crippen LogP contribution in [0.15, 0.2) is 18.3 Å². The van der Waals surface area contributed by atoms with Gasteiger partial charge in [-0.05, 0) is 33.5 Å². The van der Waals surface area contributed by atoms with Gasteiger partial charge in [0.25, 0.3) is 5.69 Å². The van der Waals surface area contributed by atoms with Gasteiger partial charge in [-0.15, -0.1) is 0 Å². The lowest BCUT2D eigenvalue weighted by molar-refractivity contribution is -0.384. The summed E-state index contributed by atoms with van der Waals surface area (Å²) in [7, 11) is 4.07. The summed E-state index contributed by atoms with van der Waals surface area (Å²) < 4.78 is 0.